The predicted molar refractivity (Wildman–Crippen MR) is 36.1 cm³/mol. The van der Waals surface area contributed by atoms with E-state index in [9.17, 15) is 4.79 Å². The van der Waals surface area contributed by atoms with Gasteiger partial charge in [0.2, 0.25) is 6.10 Å². The number of carboxylic acid groups (broad SMARTS) is 1. The van der Waals surface area contributed by atoms with E-state index in [0.29, 0.717) is 0 Å². The van der Waals surface area contributed by atoms with E-state index >= 15 is 0 Å². The molecule has 1 rings (SSSR count). The molecule has 0 aliphatic carbocycles. The van der Waals surface area contributed by atoms with Crippen molar-refractivity contribution in [3.8, 4) is 0 Å². The van der Waals surface area contributed by atoms with Crippen molar-refractivity contribution in [1.29, 1.82) is 0 Å². The number of rotatable bonds is 2. The van der Waals surface area contributed by atoms with E-state index in [4.69, 9.17) is 5.11 Å². The molecule has 11 heavy (non-hydrogen) atoms. The third-order valence-corrected chi connectivity index (χ3v) is 1.14. The molecule has 0 saturated carbocycles. The first kappa shape index (κ1) is 7.59. The second-order valence-corrected chi connectivity index (χ2v) is 1.86. The molecule has 0 aromatic carbocycles. The molecule has 0 spiro atoms. The molecule has 1 unspecified atom stereocenters. The van der Waals surface area contributed by atoms with Crippen LogP contribution in [0.4, 0.5) is 0 Å². The third-order valence-electron chi connectivity index (χ3n) is 1.14. The Morgan fingerprint density at radius 1 is 1.91 bits per heavy atom. The fourth-order valence-corrected chi connectivity index (χ4v) is 0.713. The summed E-state index contributed by atoms with van der Waals surface area (Å²) < 4.78 is 4.69. The van der Waals surface area contributed by atoms with Crippen molar-refractivity contribution < 1.29 is 19.5 Å². The monoisotopic (exact) mass is 157 g/mol. The van der Waals surface area contributed by atoms with Crippen LogP contribution >= 0.6 is 0 Å². The molecule has 0 amide bonds. The highest BCUT2D eigenvalue weighted by Gasteiger charge is 2.27. The van der Waals surface area contributed by atoms with Crippen molar-refractivity contribution in [2.75, 3.05) is 7.11 Å². The van der Waals surface area contributed by atoms with Crippen molar-refractivity contribution in [1.82, 2.24) is 0 Å². The number of hydrogen-bond donors (Lipinski definition) is 1. The van der Waals surface area contributed by atoms with Crippen LogP contribution in [-0.2, 0) is 14.4 Å². The maximum atomic E-state index is 10.4. The second-order valence-electron chi connectivity index (χ2n) is 1.86. The van der Waals surface area contributed by atoms with Gasteiger partial charge >= 0.3 is 5.97 Å². The Morgan fingerprint density at radius 2 is 2.64 bits per heavy atom. The number of carboxylic acids is 1. The zero-order valence-electron chi connectivity index (χ0n) is 5.85. The van der Waals surface area contributed by atoms with Crippen molar-refractivity contribution >= 4 is 11.7 Å². The van der Waals surface area contributed by atoms with Gasteiger partial charge in [0.05, 0.1) is 6.26 Å². The van der Waals surface area contributed by atoms with Gasteiger partial charge in [-0.15, -0.1) is 0 Å². The molecule has 5 heteroatoms. The number of nitrogens with zero attached hydrogens (tertiary/aromatic N) is 1. The molecule has 0 saturated heterocycles. The predicted octanol–water partition coefficient (Wildman–Crippen LogP) is -0.0141. The van der Waals surface area contributed by atoms with Crippen LogP contribution in [0.15, 0.2) is 17.5 Å². The molecule has 1 aliphatic heterocycles. The van der Waals surface area contributed by atoms with E-state index in [0.717, 1.165) is 0 Å². The molecular formula is C6H7NO4. The molecule has 0 radical (unpaired) electrons. The zero-order chi connectivity index (χ0) is 8.27. The van der Waals surface area contributed by atoms with Crippen LogP contribution in [0.5, 0.6) is 0 Å². The van der Waals surface area contributed by atoms with Crippen LogP contribution in [0.1, 0.15) is 0 Å². The summed E-state index contributed by atoms with van der Waals surface area (Å²) in [5.41, 5.74) is 0.264. The van der Waals surface area contributed by atoms with Gasteiger partial charge in [-0.05, 0) is 0 Å². The highest BCUT2D eigenvalue weighted by atomic mass is 16.6. The lowest BCUT2D eigenvalue weighted by atomic mass is 10.2. The Bertz CT molecular complexity index is 221. The average molecular weight is 157 g/mol. The summed E-state index contributed by atoms with van der Waals surface area (Å²) in [5, 5.41) is 12.0. The Balaban J connectivity index is 2.71. The van der Waals surface area contributed by atoms with Gasteiger partial charge in [-0.3, -0.25) is 0 Å². The van der Waals surface area contributed by atoms with E-state index in [1.807, 2.05) is 0 Å². The summed E-state index contributed by atoms with van der Waals surface area (Å²) in [6, 6.07) is 0. The Hall–Kier alpha value is -1.52. The van der Waals surface area contributed by atoms with Gasteiger partial charge in [0.15, 0.2) is 0 Å². The quantitative estimate of drug-likeness (QED) is 0.572. The minimum Gasteiger partial charge on any atom is -0.480 e. The third kappa shape index (κ3) is 1.49. The van der Waals surface area contributed by atoms with Crippen LogP contribution in [-0.4, -0.2) is 30.0 Å². The first-order valence-corrected chi connectivity index (χ1v) is 2.91. The van der Waals surface area contributed by atoms with Crippen LogP contribution < -0.4 is 0 Å². The summed E-state index contributed by atoms with van der Waals surface area (Å²) >= 11 is 0. The van der Waals surface area contributed by atoms with Crippen molar-refractivity contribution in [2.45, 2.75) is 6.10 Å². The van der Waals surface area contributed by atoms with Gasteiger partial charge < -0.3 is 14.7 Å². The Morgan fingerprint density at radius 3 is 3.18 bits per heavy atom. The standard InChI is InChI=1S/C6H7NO4/c1-10-7-4-2-3-11-5(4)6(8)9/h2-3,5H,1H3,(H,8,9). The molecule has 1 N–H and O–H groups in total. The average Bonchev–Trinajstić information content (AvgIpc) is 2.36. The fraction of sp³-hybridized carbons (Fsp3) is 0.333. The summed E-state index contributed by atoms with van der Waals surface area (Å²) in [4.78, 5) is 14.8. The molecule has 5 nitrogen and oxygen atoms in total. The summed E-state index contributed by atoms with van der Waals surface area (Å²) in [6.07, 6.45) is 1.70. The van der Waals surface area contributed by atoms with Gasteiger partial charge in [0.1, 0.15) is 12.8 Å². The second kappa shape index (κ2) is 3.05. The first-order chi connectivity index (χ1) is 5.25. The van der Waals surface area contributed by atoms with Gasteiger partial charge in [-0.25, -0.2) is 4.79 Å². The van der Waals surface area contributed by atoms with Crippen LogP contribution in [0.25, 0.3) is 0 Å². The number of hydrogen-bond acceptors (Lipinski definition) is 4. The lowest BCUT2D eigenvalue weighted by Crippen LogP contribution is -2.26. The molecule has 0 fully saturated rings. The number of aliphatic carboxylic acids is 1. The zero-order valence-corrected chi connectivity index (χ0v) is 5.85. The topological polar surface area (TPSA) is 68.1 Å². The molecule has 0 bridgehead atoms. The van der Waals surface area contributed by atoms with E-state index in [1.54, 1.807) is 0 Å². The number of ether oxygens (including phenoxy) is 1. The van der Waals surface area contributed by atoms with Crippen LogP contribution in [0.3, 0.4) is 0 Å². The minimum absolute atomic E-state index is 0.264. The van der Waals surface area contributed by atoms with Crippen molar-refractivity contribution in [3.63, 3.8) is 0 Å². The van der Waals surface area contributed by atoms with Crippen molar-refractivity contribution in [2.24, 2.45) is 5.16 Å². The van der Waals surface area contributed by atoms with Crippen molar-refractivity contribution in [3.05, 3.63) is 12.3 Å². The van der Waals surface area contributed by atoms with Gasteiger partial charge in [-0.1, -0.05) is 5.16 Å². The molecule has 0 aromatic heterocycles. The maximum Gasteiger partial charge on any atom is 0.351 e. The van der Waals surface area contributed by atoms with Crippen LogP contribution in [0.2, 0.25) is 0 Å². The molecule has 1 aliphatic rings. The lowest BCUT2D eigenvalue weighted by molar-refractivity contribution is -0.143. The first-order valence-electron chi connectivity index (χ1n) is 2.91. The highest BCUT2D eigenvalue weighted by Crippen LogP contribution is 2.06. The summed E-state index contributed by atoms with van der Waals surface area (Å²) in [5.74, 6) is -1.08. The van der Waals surface area contributed by atoms with E-state index in [1.165, 1.54) is 19.4 Å². The van der Waals surface area contributed by atoms with E-state index in [2.05, 4.69) is 14.7 Å². The fourth-order valence-electron chi connectivity index (χ4n) is 0.713. The largest absolute Gasteiger partial charge is 0.480 e. The molecular weight excluding hydrogens is 150 g/mol. The SMILES string of the molecule is CON=C1C=COC1C(=O)O. The highest BCUT2D eigenvalue weighted by molar-refractivity contribution is 6.11. The molecule has 1 heterocycles. The van der Waals surface area contributed by atoms with Crippen LogP contribution in [0, 0.1) is 0 Å². The lowest BCUT2D eigenvalue weighted by Gasteiger charge is -2.03. The molecule has 1 atom stereocenters. The van der Waals surface area contributed by atoms with Gasteiger partial charge in [0, 0.05) is 6.08 Å². The van der Waals surface area contributed by atoms with Gasteiger partial charge in [-0.2, -0.15) is 0 Å². The number of carbonyl (C=O) groups is 1. The summed E-state index contributed by atoms with van der Waals surface area (Å²) in [6.45, 7) is 0. The van der Waals surface area contributed by atoms with E-state index < -0.39 is 12.1 Å². The normalized spacial score (nSPS) is 25.2. The molecule has 60 valence electrons. The Labute approximate surface area is 62.9 Å². The van der Waals surface area contributed by atoms with Gasteiger partial charge in [0.25, 0.3) is 0 Å². The summed E-state index contributed by atoms with van der Waals surface area (Å²) in [7, 11) is 1.35. The smallest absolute Gasteiger partial charge is 0.351 e. The maximum absolute atomic E-state index is 10.4. The van der Waals surface area contributed by atoms with E-state index in [-0.39, 0.29) is 5.71 Å². The Kier molecular flexibility index (Phi) is 2.10. The molecule has 0 aromatic rings. The minimum atomic E-state index is -1.08. The number of oxime groups is 1.